The molecule has 6 nitrogen and oxygen atoms in total. The van der Waals surface area contributed by atoms with Crippen LogP contribution in [-0.2, 0) is 14.9 Å². The van der Waals surface area contributed by atoms with Crippen LogP contribution in [0.15, 0.2) is 0 Å². The Bertz CT molecular complexity index is 861. The van der Waals surface area contributed by atoms with Gasteiger partial charge in [-0.25, -0.2) is 8.42 Å². The molecule has 0 aromatic rings. The number of nitrogens with one attached hydrogen (secondary N) is 1. The van der Waals surface area contributed by atoms with E-state index in [0.717, 1.165) is 37.0 Å². The number of rotatable bonds is 7. The zero-order chi connectivity index (χ0) is 24.9. The second kappa shape index (κ2) is 9.66. The van der Waals surface area contributed by atoms with Gasteiger partial charge in [0.25, 0.3) is 0 Å². The lowest BCUT2D eigenvalue weighted by Crippen LogP contribution is -2.54. The quantitative estimate of drug-likeness (QED) is 0.506. The van der Waals surface area contributed by atoms with E-state index in [2.05, 4.69) is 26.1 Å². The van der Waals surface area contributed by atoms with Gasteiger partial charge in [0.1, 0.15) is 0 Å². The predicted molar refractivity (Wildman–Crippen MR) is 132 cm³/mol. The van der Waals surface area contributed by atoms with E-state index in [9.17, 15) is 22.9 Å². The molecule has 196 valence electrons. The summed E-state index contributed by atoms with van der Waals surface area (Å²) >= 11 is 0. The van der Waals surface area contributed by atoms with Crippen molar-refractivity contribution in [2.75, 3.05) is 6.54 Å². The summed E-state index contributed by atoms with van der Waals surface area (Å²) in [6.07, 6.45) is 12.0. The van der Waals surface area contributed by atoms with Gasteiger partial charge in [0.15, 0.2) is 0 Å². The SMILES string of the molecule is C[C@H](CCC(=O)NC[C@H](C)S(=O)(=O)[O-])[C@H]1CC[C@H]2[C@@H]3CC[C@@H]4C[C@H](O)CC[C@]4(C)[C@H]3CC[C@]12C. The fourth-order valence-corrected chi connectivity index (χ4v) is 9.51. The van der Waals surface area contributed by atoms with Crippen LogP contribution in [-0.4, -0.2) is 41.9 Å². The number of carbonyl (C=O) groups is 1. The fraction of sp³-hybridized carbons (Fsp3) is 0.963. The lowest BCUT2D eigenvalue weighted by molar-refractivity contribution is -0.129. The van der Waals surface area contributed by atoms with Crippen molar-refractivity contribution in [2.45, 2.75) is 110 Å². The first-order valence-corrected chi connectivity index (χ1v) is 15.2. The summed E-state index contributed by atoms with van der Waals surface area (Å²) in [7, 11) is -4.37. The number of aliphatic hydroxyl groups is 1. The lowest BCUT2D eigenvalue weighted by Gasteiger charge is -2.61. The van der Waals surface area contributed by atoms with Crippen molar-refractivity contribution >= 4 is 16.0 Å². The number of fused-ring (bicyclic) bond motifs is 5. The van der Waals surface area contributed by atoms with Gasteiger partial charge in [0, 0.05) is 13.0 Å². The van der Waals surface area contributed by atoms with Gasteiger partial charge < -0.3 is 15.0 Å². The molecule has 4 saturated carbocycles. The molecule has 4 fully saturated rings. The molecule has 0 aromatic carbocycles. The molecule has 0 bridgehead atoms. The third-order valence-corrected chi connectivity index (χ3v) is 12.5. The van der Waals surface area contributed by atoms with Crippen LogP contribution in [0.25, 0.3) is 0 Å². The molecule has 0 aliphatic heterocycles. The minimum absolute atomic E-state index is 0.0923. The minimum Gasteiger partial charge on any atom is -0.748 e. The van der Waals surface area contributed by atoms with Crippen molar-refractivity contribution in [2.24, 2.45) is 46.3 Å². The second-order valence-electron chi connectivity index (χ2n) is 12.9. The van der Waals surface area contributed by atoms with Gasteiger partial charge in [0.2, 0.25) is 5.91 Å². The molecule has 0 spiro atoms. The van der Waals surface area contributed by atoms with E-state index in [1.54, 1.807) is 0 Å². The molecule has 34 heavy (non-hydrogen) atoms. The summed E-state index contributed by atoms with van der Waals surface area (Å²) in [5.41, 5.74) is 0.750. The predicted octanol–water partition coefficient (Wildman–Crippen LogP) is 4.47. The van der Waals surface area contributed by atoms with Gasteiger partial charge in [-0.3, -0.25) is 4.79 Å². The number of hydrogen-bond donors (Lipinski definition) is 2. The van der Waals surface area contributed by atoms with Crippen LogP contribution < -0.4 is 5.32 Å². The zero-order valence-corrected chi connectivity index (χ0v) is 22.4. The zero-order valence-electron chi connectivity index (χ0n) is 21.6. The number of hydrogen-bond acceptors (Lipinski definition) is 5. The maximum atomic E-state index is 12.3. The monoisotopic (exact) mass is 496 g/mol. The maximum Gasteiger partial charge on any atom is 0.220 e. The van der Waals surface area contributed by atoms with Crippen molar-refractivity contribution in [3.63, 3.8) is 0 Å². The largest absolute Gasteiger partial charge is 0.748 e. The highest BCUT2D eigenvalue weighted by Gasteiger charge is 2.60. The highest BCUT2D eigenvalue weighted by atomic mass is 32.2. The first-order chi connectivity index (χ1) is 15.9. The van der Waals surface area contributed by atoms with E-state index in [1.165, 1.54) is 51.9 Å². The molecule has 4 aliphatic carbocycles. The van der Waals surface area contributed by atoms with Crippen molar-refractivity contribution in [1.29, 1.82) is 0 Å². The van der Waals surface area contributed by atoms with Crippen LogP contribution in [0.3, 0.4) is 0 Å². The smallest absolute Gasteiger partial charge is 0.220 e. The van der Waals surface area contributed by atoms with Gasteiger partial charge in [-0.15, -0.1) is 0 Å². The van der Waals surface area contributed by atoms with Gasteiger partial charge in [-0.1, -0.05) is 20.8 Å². The molecular weight excluding hydrogens is 450 g/mol. The Morgan fingerprint density at radius 3 is 2.41 bits per heavy atom. The summed E-state index contributed by atoms with van der Waals surface area (Å²) in [5, 5.41) is 11.8. The van der Waals surface area contributed by atoms with Gasteiger partial charge in [-0.05, 0) is 117 Å². The summed E-state index contributed by atoms with van der Waals surface area (Å²) in [6.45, 7) is 8.59. The molecule has 2 N–H and O–H groups in total. The van der Waals surface area contributed by atoms with Crippen molar-refractivity contribution in [3.05, 3.63) is 0 Å². The third-order valence-electron chi connectivity index (χ3n) is 11.3. The molecule has 4 rings (SSSR count). The average molecular weight is 497 g/mol. The van der Waals surface area contributed by atoms with E-state index in [1.807, 2.05) is 0 Å². The summed E-state index contributed by atoms with van der Waals surface area (Å²) in [5.74, 6) is 4.01. The molecule has 0 radical (unpaired) electrons. The Kier molecular flexibility index (Phi) is 7.50. The molecule has 0 saturated heterocycles. The molecule has 0 heterocycles. The van der Waals surface area contributed by atoms with Crippen LogP contribution in [0.4, 0.5) is 0 Å². The Morgan fingerprint density at radius 2 is 1.71 bits per heavy atom. The standard InChI is InChI=1S/C27H47NO5S/c1-17(5-10-25(30)28-16-18(2)34(31,32)33)22-8-9-23-21-7-6-19-15-20(29)11-13-26(19,3)24(21)12-14-27(22,23)4/h17-24,29H,5-16H2,1-4H3,(H,28,30)(H,31,32,33)/p-1/t17-,18+,19-,20-,21+,22-,23+,24+,26+,27-/m1/s1. The maximum absolute atomic E-state index is 12.3. The number of carbonyl (C=O) groups excluding carboxylic acids is 1. The first kappa shape index (κ1) is 26.4. The molecule has 0 aromatic heterocycles. The molecule has 1 amide bonds. The lowest BCUT2D eigenvalue weighted by atomic mass is 9.44. The van der Waals surface area contributed by atoms with Crippen LogP contribution in [0.2, 0.25) is 0 Å². The fourth-order valence-electron chi connectivity index (χ4n) is 9.22. The number of aliphatic hydroxyl groups excluding tert-OH is 1. The Morgan fingerprint density at radius 1 is 1.03 bits per heavy atom. The second-order valence-corrected chi connectivity index (χ2v) is 14.7. The van der Waals surface area contributed by atoms with Crippen LogP contribution in [0, 0.1) is 46.3 Å². The van der Waals surface area contributed by atoms with Gasteiger partial charge in [0.05, 0.1) is 21.5 Å². The van der Waals surface area contributed by atoms with E-state index in [4.69, 9.17) is 0 Å². The van der Waals surface area contributed by atoms with Crippen molar-refractivity contribution < 1.29 is 22.9 Å². The van der Waals surface area contributed by atoms with Gasteiger partial charge in [-0.2, -0.15) is 0 Å². The summed E-state index contributed by atoms with van der Waals surface area (Å²) in [6, 6.07) is 0. The van der Waals surface area contributed by atoms with Crippen LogP contribution in [0.5, 0.6) is 0 Å². The molecule has 4 aliphatic rings. The first-order valence-electron chi connectivity index (χ1n) is 13.8. The van der Waals surface area contributed by atoms with E-state index < -0.39 is 15.4 Å². The Balaban J connectivity index is 1.35. The molecular formula is C27H46NO5S-. The van der Waals surface area contributed by atoms with Gasteiger partial charge >= 0.3 is 0 Å². The van der Waals surface area contributed by atoms with E-state index >= 15 is 0 Å². The third kappa shape index (κ3) is 4.82. The average Bonchev–Trinajstić information content (AvgIpc) is 3.13. The normalized spacial score (nSPS) is 43.8. The molecule has 0 unspecified atom stereocenters. The van der Waals surface area contributed by atoms with E-state index in [-0.39, 0.29) is 18.6 Å². The minimum atomic E-state index is -4.37. The number of amides is 1. The van der Waals surface area contributed by atoms with Crippen LogP contribution in [0.1, 0.15) is 98.3 Å². The Hall–Kier alpha value is -0.660. The van der Waals surface area contributed by atoms with Crippen molar-refractivity contribution in [3.8, 4) is 0 Å². The van der Waals surface area contributed by atoms with E-state index in [0.29, 0.717) is 35.0 Å². The van der Waals surface area contributed by atoms with Crippen LogP contribution >= 0.6 is 0 Å². The summed E-state index contributed by atoms with van der Waals surface area (Å²) in [4.78, 5) is 12.3. The Labute approximate surface area is 206 Å². The van der Waals surface area contributed by atoms with Crippen molar-refractivity contribution in [1.82, 2.24) is 5.32 Å². The summed E-state index contributed by atoms with van der Waals surface area (Å²) < 4.78 is 33.1. The highest BCUT2D eigenvalue weighted by molar-refractivity contribution is 7.86. The molecule has 7 heteroatoms. The topological polar surface area (TPSA) is 107 Å². The highest BCUT2D eigenvalue weighted by Crippen LogP contribution is 2.68. The molecule has 10 atom stereocenters.